The van der Waals surface area contributed by atoms with Gasteiger partial charge in [0.05, 0.1) is 28.5 Å². The van der Waals surface area contributed by atoms with E-state index in [0.29, 0.717) is 16.8 Å². The fourth-order valence-electron chi connectivity index (χ4n) is 3.24. The Morgan fingerprint density at radius 2 is 2.03 bits per heavy atom. The zero-order chi connectivity index (χ0) is 20.7. The van der Waals surface area contributed by atoms with Crippen molar-refractivity contribution in [3.63, 3.8) is 0 Å². The highest BCUT2D eigenvalue weighted by molar-refractivity contribution is 7.19. The first kappa shape index (κ1) is 19.1. The van der Waals surface area contributed by atoms with E-state index in [0.717, 1.165) is 25.7 Å². The van der Waals surface area contributed by atoms with E-state index < -0.39 is 0 Å². The van der Waals surface area contributed by atoms with E-state index >= 15 is 0 Å². The summed E-state index contributed by atoms with van der Waals surface area (Å²) in [5, 5.41) is 5.38. The van der Waals surface area contributed by atoms with Crippen LogP contribution in [0.4, 0.5) is 0 Å². The summed E-state index contributed by atoms with van der Waals surface area (Å²) in [5.41, 5.74) is 1.63. The van der Waals surface area contributed by atoms with Crippen LogP contribution in [0.25, 0.3) is 30.9 Å². The Kier molecular flexibility index (Phi) is 4.93. The molecule has 6 nitrogen and oxygen atoms in total. The molecule has 9 heteroatoms. The smallest absolute Gasteiger partial charge is 0.263 e. The molecule has 4 heterocycles. The van der Waals surface area contributed by atoms with Crippen LogP contribution in [0.1, 0.15) is 5.01 Å². The summed E-state index contributed by atoms with van der Waals surface area (Å²) in [5.74, 6) is -0.162. The van der Waals surface area contributed by atoms with Crippen LogP contribution in [0.2, 0.25) is 0 Å². The number of thiophene rings is 2. The van der Waals surface area contributed by atoms with Crippen LogP contribution in [-0.2, 0) is 17.9 Å². The lowest BCUT2D eigenvalue weighted by Crippen LogP contribution is -2.33. The third-order valence-electron chi connectivity index (χ3n) is 4.79. The summed E-state index contributed by atoms with van der Waals surface area (Å²) >= 11 is 4.60. The topological polar surface area (TPSA) is 68.1 Å². The van der Waals surface area contributed by atoms with Gasteiger partial charge in [-0.3, -0.25) is 14.2 Å². The second-order valence-electron chi connectivity index (χ2n) is 6.81. The summed E-state index contributed by atoms with van der Waals surface area (Å²) in [6.45, 7) is 0.352. The average Bonchev–Trinajstić information content (AvgIpc) is 3.48. The number of nitrogens with zero attached hydrogens (tertiary/aromatic N) is 4. The standard InChI is InChI=1S/C21H16N4O2S3/c1-24(9-17-23-14-5-2-3-6-16(14)30-17)18(26)10-25-12-22-20-19(21(25)27)13(11-29-20)15-7-4-8-28-15/h2-8,11-12H,9-10H2,1H3. The van der Waals surface area contributed by atoms with Crippen molar-refractivity contribution < 1.29 is 4.79 Å². The summed E-state index contributed by atoms with van der Waals surface area (Å²) in [4.78, 5) is 38.2. The minimum absolute atomic E-state index is 0.0527. The predicted octanol–water partition coefficient (Wildman–Crippen LogP) is 4.45. The summed E-state index contributed by atoms with van der Waals surface area (Å²) in [6.07, 6.45) is 1.46. The zero-order valence-electron chi connectivity index (χ0n) is 15.9. The minimum Gasteiger partial charge on any atom is -0.337 e. The Labute approximate surface area is 183 Å². The van der Waals surface area contributed by atoms with Crippen LogP contribution in [0, 0.1) is 0 Å². The van der Waals surface area contributed by atoms with E-state index in [4.69, 9.17) is 0 Å². The molecule has 150 valence electrons. The first-order chi connectivity index (χ1) is 14.6. The molecule has 4 aromatic heterocycles. The van der Waals surface area contributed by atoms with Crippen molar-refractivity contribution in [3.8, 4) is 10.4 Å². The molecule has 0 aliphatic carbocycles. The lowest BCUT2D eigenvalue weighted by molar-refractivity contribution is -0.131. The Hall–Kier alpha value is -2.88. The van der Waals surface area contributed by atoms with Crippen molar-refractivity contribution in [2.75, 3.05) is 7.05 Å². The van der Waals surface area contributed by atoms with Crippen molar-refractivity contribution in [1.29, 1.82) is 0 Å². The predicted molar refractivity (Wildman–Crippen MR) is 123 cm³/mol. The van der Waals surface area contributed by atoms with E-state index in [-0.39, 0.29) is 18.0 Å². The molecule has 0 spiro atoms. The third kappa shape index (κ3) is 3.45. The van der Waals surface area contributed by atoms with Crippen LogP contribution in [0.3, 0.4) is 0 Å². The Bertz CT molecular complexity index is 1380. The Morgan fingerprint density at radius 3 is 2.83 bits per heavy atom. The highest BCUT2D eigenvalue weighted by Crippen LogP contribution is 2.33. The summed E-state index contributed by atoms with van der Waals surface area (Å²) < 4.78 is 2.49. The largest absolute Gasteiger partial charge is 0.337 e. The second-order valence-corrected chi connectivity index (χ2v) is 9.73. The molecule has 0 radical (unpaired) electrons. The third-order valence-corrected chi connectivity index (χ3v) is 7.60. The van der Waals surface area contributed by atoms with E-state index in [9.17, 15) is 9.59 Å². The van der Waals surface area contributed by atoms with E-state index in [2.05, 4.69) is 9.97 Å². The molecule has 0 fully saturated rings. The van der Waals surface area contributed by atoms with Crippen LogP contribution in [-0.4, -0.2) is 32.4 Å². The van der Waals surface area contributed by atoms with Gasteiger partial charge in [-0.15, -0.1) is 34.0 Å². The van der Waals surface area contributed by atoms with Gasteiger partial charge in [0.1, 0.15) is 16.4 Å². The molecule has 0 aliphatic rings. The number of hydrogen-bond acceptors (Lipinski definition) is 7. The quantitative estimate of drug-likeness (QED) is 0.395. The van der Waals surface area contributed by atoms with E-state index in [1.165, 1.54) is 22.2 Å². The van der Waals surface area contributed by atoms with Gasteiger partial charge in [0.15, 0.2) is 0 Å². The van der Waals surface area contributed by atoms with Crippen molar-refractivity contribution in [3.05, 3.63) is 68.8 Å². The number of rotatable bonds is 5. The molecule has 1 aromatic carbocycles. The fourth-order valence-corrected chi connectivity index (χ4v) is 5.98. The van der Waals surface area contributed by atoms with Gasteiger partial charge in [0.2, 0.25) is 5.91 Å². The molecular weight excluding hydrogens is 436 g/mol. The lowest BCUT2D eigenvalue weighted by atomic mass is 10.2. The normalized spacial score (nSPS) is 11.4. The maximum atomic E-state index is 13.1. The Balaban J connectivity index is 1.39. The van der Waals surface area contributed by atoms with Crippen molar-refractivity contribution in [1.82, 2.24) is 19.4 Å². The van der Waals surface area contributed by atoms with Gasteiger partial charge in [-0.1, -0.05) is 18.2 Å². The average molecular weight is 453 g/mol. The molecule has 0 bridgehead atoms. The van der Waals surface area contributed by atoms with Crippen molar-refractivity contribution in [2.45, 2.75) is 13.1 Å². The number of carbonyl (C=O) groups is 1. The van der Waals surface area contributed by atoms with Gasteiger partial charge in [-0.05, 0) is 23.6 Å². The molecular formula is C21H16N4O2S3. The molecule has 0 unspecified atom stereocenters. The molecule has 1 amide bonds. The molecule has 5 rings (SSSR count). The van der Waals surface area contributed by atoms with Crippen LogP contribution in [0.15, 0.2) is 58.3 Å². The SMILES string of the molecule is CN(Cc1nc2ccccc2s1)C(=O)Cn1cnc2scc(-c3cccs3)c2c1=O. The van der Waals surface area contributed by atoms with Gasteiger partial charge in [-0.2, -0.15) is 0 Å². The van der Waals surface area contributed by atoms with Crippen LogP contribution in [0.5, 0.6) is 0 Å². The number of carbonyl (C=O) groups excluding carboxylic acids is 1. The van der Waals surface area contributed by atoms with Crippen LogP contribution >= 0.6 is 34.0 Å². The van der Waals surface area contributed by atoms with Gasteiger partial charge in [-0.25, -0.2) is 9.97 Å². The maximum absolute atomic E-state index is 13.1. The number of hydrogen-bond donors (Lipinski definition) is 0. The highest BCUT2D eigenvalue weighted by Gasteiger charge is 2.17. The molecule has 0 saturated heterocycles. The number of para-hydroxylation sites is 1. The molecule has 0 saturated carbocycles. The lowest BCUT2D eigenvalue weighted by Gasteiger charge is -2.16. The van der Waals surface area contributed by atoms with Gasteiger partial charge in [0.25, 0.3) is 5.56 Å². The molecule has 0 atom stereocenters. The molecule has 0 N–H and O–H groups in total. The number of amides is 1. The summed E-state index contributed by atoms with van der Waals surface area (Å²) in [7, 11) is 1.73. The summed E-state index contributed by atoms with van der Waals surface area (Å²) in [6, 6.07) is 11.8. The van der Waals surface area contributed by atoms with E-state index in [1.807, 2.05) is 47.2 Å². The number of thiazole rings is 1. The highest BCUT2D eigenvalue weighted by atomic mass is 32.1. The van der Waals surface area contributed by atoms with Gasteiger partial charge < -0.3 is 4.90 Å². The zero-order valence-corrected chi connectivity index (χ0v) is 18.4. The minimum atomic E-state index is -0.189. The van der Waals surface area contributed by atoms with Crippen LogP contribution < -0.4 is 5.56 Å². The van der Waals surface area contributed by atoms with Gasteiger partial charge in [0, 0.05) is 22.9 Å². The second kappa shape index (κ2) is 7.75. The molecule has 30 heavy (non-hydrogen) atoms. The Morgan fingerprint density at radius 1 is 1.17 bits per heavy atom. The van der Waals surface area contributed by atoms with E-state index in [1.54, 1.807) is 34.6 Å². The fraction of sp³-hybridized carbons (Fsp3) is 0.143. The van der Waals surface area contributed by atoms with Crippen molar-refractivity contribution in [2.24, 2.45) is 0 Å². The van der Waals surface area contributed by atoms with Gasteiger partial charge >= 0.3 is 0 Å². The van der Waals surface area contributed by atoms with Crippen molar-refractivity contribution >= 4 is 60.4 Å². The molecule has 0 aliphatic heterocycles. The first-order valence-electron chi connectivity index (χ1n) is 9.19. The number of likely N-dealkylation sites (N-methyl/N-ethyl adjacent to an activating group) is 1. The number of fused-ring (bicyclic) bond motifs is 2. The maximum Gasteiger partial charge on any atom is 0.263 e. The first-order valence-corrected chi connectivity index (χ1v) is 11.8. The number of benzene rings is 1. The number of aromatic nitrogens is 3. The monoisotopic (exact) mass is 452 g/mol. The molecule has 5 aromatic rings.